The van der Waals surface area contributed by atoms with Gasteiger partial charge < -0.3 is 5.11 Å². The van der Waals surface area contributed by atoms with Crippen molar-refractivity contribution in [3.63, 3.8) is 0 Å². The van der Waals surface area contributed by atoms with Crippen molar-refractivity contribution in [2.75, 3.05) is 0 Å². The zero-order valence-corrected chi connectivity index (χ0v) is 9.64. The van der Waals surface area contributed by atoms with Gasteiger partial charge >= 0.3 is 5.97 Å². The van der Waals surface area contributed by atoms with Gasteiger partial charge in [-0.25, -0.2) is 4.79 Å². The standard InChI is InChI=1S/C11H10Cl2O2/c1-2-8-7(4-6-10(14)15)3-5-9(12)11(8)13/h3-6H,2H2,1H3,(H,14,15). The maximum absolute atomic E-state index is 10.4. The van der Waals surface area contributed by atoms with Crippen LogP contribution in [0.2, 0.25) is 10.0 Å². The molecular weight excluding hydrogens is 235 g/mol. The molecule has 0 amide bonds. The van der Waals surface area contributed by atoms with E-state index in [0.717, 1.165) is 17.2 Å². The molecule has 0 bridgehead atoms. The van der Waals surface area contributed by atoms with Crippen molar-refractivity contribution >= 4 is 35.2 Å². The summed E-state index contributed by atoms with van der Waals surface area (Å²) in [6.07, 6.45) is 3.31. The number of hydrogen-bond donors (Lipinski definition) is 1. The fourth-order valence-corrected chi connectivity index (χ4v) is 1.77. The normalized spacial score (nSPS) is 10.9. The number of carbonyl (C=O) groups is 1. The Balaban J connectivity index is 3.19. The van der Waals surface area contributed by atoms with Crippen LogP contribution in [0.15, 0.2) is 18.2 Å². The molecule has 1 aromatic carbocycles. The molecule has 15 heavy (non-hydrogen) atoms. The third kappa shape index (κ3) is 2.98. The van der Waals surface area contributed by atoms with Crippen LogP contribution < -0.4 is 0 Å². The molecule has 2 nitrogen and oxygen atoms in total. The topological polar surface area (TPSA) is 37.3 Å². The molecule has 1 N–H and O–H groups in total. The van der Waals surface area contributed by atoms with Gasteiger partial charge in [0.25, 0.3) is 0 Å². The molecule has 0 saturated carbocycles. The van der Waals surface area contributed by atoms with Crippen molar-refractivity contribution in [2.24, 2.45) is 0 Å². The number of carboxylic acid groups (broad SMARTS) is 1. The van der Waals surface area contributed by atoms with Crippen molar-refractivity contribution in [3.8, 4) is 0 Å². The van der Waals surface area contributed by atoms with Crippen LogP contribution in [0.5, 0.6) is 0 Å². The van der Waals surface area contributed by atoms with Gasteiger partial charge in [0.1, 0.15) is 0 Å². The first-order chi connectivity index (χ1) is 7.06. The Bertz CT molecular complexity index is 411. The van der Waals surface area contributed by atoms with Crippen molar-refractivity contribution in [1.29, 1.82) is 0 Å². The first-order valence-corrected chi connectivity index (χ1v) is 5.19. The highest BCUT2D eigenvalue weighted by Gasteiger charge is 2.07. The molecule has 0 radical (unpaired) electrons. The summed E-state index contributed by atoms with van der Waals surface area (Å²) in [6.45, 7) is 1.94. The average molecular weight is 245 g/mol. The molecule has 1 rings (SSSR count). The summed E-state index contributed by atoms with van der Waals surface area (Å²) in [6, 6.07) is 3.41. The molecule has 0 aromatic heterocycles. The van der Waals surface area contributed by atoms with E-state index in [-0.39, 0.29) is 0 Å². The number of benzene rings is 1. The van der Waals surface area contributed by atoms with E-state index in [0.29, 0.717) is 16.5 Å². The largest absolute Gasteiger partial charge is 0.478 e. The van der Waals surface area contributed by atoms with Gasteiger partial charge in [-0.05, 0) is 29.7 Å². The van der Waals surface area contributed by atoms with Crippen LogP contribution in [0, 0.1) is 0 Å². The van der Waals surface area contributed by atoms with Crippen LogP contribution in [0.25, 0.3) is 6.08 Å². The lowest BCUT2D eigenvalue weighted by atomic mass is 10.0. The maximum Gasteiger partial charge on any atom is 0.328 e. The minimum absolute atomic E-state index is 0.487. The van der Waals surface area contributed by atoms with E-state index in [9.17, 15) is 4.79 Å². The summed E-state index contributed by atoms with van der Waals surface area (Å²) in [5.74, 6) is -0.983. The van der Waals surface area contributed by atoms with Crippen molar-refractivity contribution < 1.29 is 9.90 Å². The second-order valence-electron chi connectivity index (χ2n) is 2.95. The van der Waals surface area contributed by atoms with Gasteiger partial charge in [-0.1, -0.05) is 36.2 Å². The lowest BCUT2D eigenvalue weighted by Crippen LogP contribution is -1.91. The van der Waals surface area contributed by atoms with E-state index in [4.69, 9.17) is 28.3 Å². The highest BCUT2D eigenvalue weighted by atomic mass is 35.5. The first-order valence-electron chi connectivity index (χ1n) is 4.44. The van der Waals surface area contributed by atoms with Crippen LogP contribution in [0.1, 0.15) is 18.1 Å². The summed E-state index contributed by atoms with van der Waals surface area (Å²) in [5, 5.41) is 9.50. The molecule has 0 spiro atoms. The fourth-order valence-electron chi connectivity index (χ4n) is 1.28. The van der Waals surface area contributed by atoms with Crippen LogP contribution >= 0.6 is 23.2 Å². The van der Waals surface area contributed by atoms with Gasteiger partial charge in [0.05, 0.1) is 10.0 Å². The van der Waals surface area contributed by atoms with Crippen LogP contribution in [-0.4, -0.2) is 11.1 Å². The van der Waals surface area contributed by atoms with Crippen molar-refractivity contribution in [2.45, 2.75) is 13.3 Å². The van der Waals surface area contributed by atoms with Gasteiger partial charge in [0, 0.05) is 6.08 Å². The second kappa shape index (κ2) is 5.19. The van der Waals surface area contributed by atoms with E-state index in [1.807, 2.05) is 6.92 Å². The molecular formula is C11H10Cl2O2. The predicted molar refractivity (Wildman–Crippen MR) is 62.5 cm³/mol. The number of halogens is 2. The molecule has 1 aromatic rings. The molecule has 0 fully saturated rings. The maximum atomic E-state index is 10.4. The van der Waals surface area contributed by atoms with E-state index in [1.165, 1.54) is 6.08 Å². The summed E-state index contributed by atoms with van der Waals surface area (Å²) >= 11 is 11.9. The molecule has 0 aliphatic heterocycles. The molecule has 4 heteroatoms. The number of hydrogen-bond acceptors (Lipinski definition) is 1. The zero-order valence-electron chi connectivity index (χ0n) is 8.13. The SMILES string of the molecule is CCc1c(C=CC(=O)O)ccc(Cl)c1Cl. The van der Waals surface area contributed by atoms with Crippen molar-refractivity contribution in [3.05, 3.63) is 39.4 Å². The van der Waals surface area contributed by atoms with E-state index < -0.39 is 5.97 Å². The molecule has 0 unspecified atom stereocenters. The molecule has 0 aliphatic carbocycles. The Morgan fingerprint density at radius 1 is 1.47 bits per heavy atom. The van der Waals surface area contributed by atoms with Gasteiger partial charge in [0.2, 0.25) is 0 Å². The number of carboxylic acids is 1. The van der Waals surface area contributed by atoms with Gasteiger partial charge in [0.15, 0.2) is 0 Å². The molecule has 0 saturated heterocycles. The van der Waals surface area contributed by atoms with Crippen LogP contribution in [0.3, 0.4) is 0 Å². The molecule has 0 atom stereocenters. The Morgan fingerprint density at radius 2 is 2.13 bits per heavy atom. The molecule has 0 heterocycles. The number of aliphatic carboxylic acids is 1. The first kappa shape index (κ1) is 12.1. The average Bonchev–Trinajstić information content (AvgIpc) is 2.19. The van der Waals surface area contributed by atoms with E-state index in [1.54, 1.807) is 12.1 Å². The Kier molecular flexibility index (Phi) is 4.18. The Morgan fingerprint density at radius 3 is 2.67 bits per heavy atom. The van der Waals surface area contributed by atoms with Crippen LogP contribution in [-0.2, 0) is 11.2 Å². The predicted octanol–water partition coefficient (Wildman–Crippen LogP) is 3.65. The lowest BCUT2D eigenvalue weighted by molar-refractivity contribution is -0.131. The smallest absolute Gasteiger partial charge is 0.328 e. The Labute approximate surface area is 98.1 Å². The molecule has 0 aliphatic rings. The van der Waals surface area contributed by atoms with Crippen LogP contribution in [0.4, 0.5) is 0 Å². The van der Waals surface area contributed by atoms with E-state index >= 15 is 0 Å². The highest BCUT2D eigenvalue weighted by molar-refractivity contribution is 6.42. The summed E-state index contributed by atoms with van der Waals surface area (Å²) in [7, 11) is 0. The third-order valence-corrected chi connectivity index (χ3v) is 2.83. The fraction of sp³-hybridized carbons (Fsp3) is 0.182. The summed E-state index contributed by atoms with van der Waals surface area (Å²) in [5.41, 5.74) is 1.65. The third-order valence-electron chi connectivity index (χ3n) is 1.99. The number of rotatable bonds is 3. The summed E-state index contributed by atoms with van der Waals surface area (Å²) in [4.78, 5) is 10.4. The second-order valence-corrected chi connectivity index (χ2v) is 3.74. The van der Waals surface area contributed by atoms with Crippen molar-refractivity contribution in [1.82, 2.24) is 0 Å². The quantitative estimate of drug-likeness (QED) is 0.825. The minimum atomic E-state index is -0.983. The zero-order chi connectivity index (χ0) is 11.4. The van der Waals surface area contributed by atoms with Gasteiger partial charge in [-0.15, -0.1) is 0 Å². The summed E-state index contributed by atoms with van der Waals surface area (Å²) < 4.78 is 0. The monoisotopic (exact) mass is 244 g/mol. The van der Waals surface area contributed by atoms with Gasteiger partial charge in [-0.3, -0.25) is 0 Å². The van der Waals surface area contributed by atoms with Gasteiger partial charge in [-0.2, -0.15) is 0 Å². The lowest BCUT2D eigenvalue weighted by Gasteiger charge is -2.07. The Hall–Kier alpha value is -0.990. The highest BCUT2D eigenvalue weighted by Crippen LogP contribution is 2.29. The molecule has 80 valence electrons. The van der Waals surface area contributed by atoms with E-state index in [2.05, 4.69) is 0 Å². The minimum Gasteiger partial charge on any atom is -0.478 e.